The lowest BCUT2D eigenvalue weighted by molar-refractivity contribution is -0.149. The van der Waals surface area contributed by atoms with E-state index in [1.54, 1.807) is 0 Å². The Morgan fingerprint density at radius 1 is 1.69 bits per heavy atom. The van der Waals surface area contributed by atoms with Gasteiger partial charge in [0.05, 0.1) is 19.1 Å². The maximum atomic E-state index is 10.4. The zero-order chi connectivity index (χ0) is 10.1. The molecular formula is C9H16O4. The summed E-state index contributed by atoms with van der Waals surface area (Å²) in [5.41, 5.74) is 0. The van der Waals surface area contributed by atoms with Crippen LogP contribution in [0.1, 0.15) is 27.2 Å². The number of hydrogen-bond donors (Lipinski definition) is 1. The molecule has 0 aromatic carbocycles. The first-order chi connectivity index (χ1) is 5.91. The molecule has 1 N–H and O–H groups in total. The summed E-state index contributed by atoms with van der Waals surface area (Å²) in [6.45, 7) is 6.02. The van der Waals surface area contributed by atoms with E-state index in [0.717, 1.165) is 0 Å². The Morgan fingerprint density at radius 2 is 2.31 bits per heavy atom. The molecule has 0 aromatic rings. The fraction of sp³-hybridized carbons (Fsp3) is 0.889. The number of rotatable bonds is 3. The van der Waals surface area contributed by atoms with E-state index in [1.807, 2.05) is 20.8 Å². The lowest BCUT2D eigenvalue weighted by atomic mass is 10.0. The number of ether oxygens (including phenoxy) is 2. The van der Waals surface area contributed by atoms with Gasteiger partial charge in [0.15, 0.2) is 5.79 Å². The summed E-state index contributed by atoms with van der Waals surface area (Å²) in [4.78, 5) is 10.4. The monoisotopic (exact) mass is 188 g/mol. The minimum Gasteiger partial charge on any atom is -0.481 e. The molecule has 2 unspecified atom stereocenters. The van der Waals surface area contributed by atoms with Crippen LogP contribution in [0.5, 0.6) is 0 Å². The van der Waals surface area contributed by atoms with E-state index in [4.69, 9.17) is 14.6 Å². The topological polar surface area (TPSA) is 55.8 Å². The van der Waals surface area contributed by atoms with Crippen LogP contribution in [-0.4, -0.2) is 29.6 Å². The van der Waals surface area contributed by atoms with E-state index in [-0.39, 0.29) is 18.4 Å². The van der Waals surface area contributed by atoms with Crippen LogP contribution >= 0.6 is 0 Å². The molecular weight excluding hydrogens is 172 g/mol. The van der Waals surface area contributed by atoms with Gasteiger partial charge in [0.25, 0.3) is 0 Å². The van der Waals surface area contributed by atoms with Gasteiger partial charge < -0.3 is 14.6 Å². The molecule has 0 spiro atoms. The maximum absolute atomic E-state index is 10.4. The quantitative estimate of drug-likeness (QED) is 0.724. The van der Waals surface area contributed by atoms with Crippen molar-refractivity contribution in [2.45, 2.75) is 39.1 Å². The molecule has 1 aliphatic heterocycles. The van der Waals surface area contributed by atoms with E-state index in [2.05, 4.69) is 0 Å². The third-order valence-electron chi connectivity index (χ3n) is 2.16. The number of carbonyl (C=O) groups is 1. The lowest BCUT2D eigenvalue weighted by Crippen LogP contribution is -2.26. The summed E-state index contributed by atoms with van der Waals surface area (Å²) >= 11 is 0. The summed E-state index contributed by atoms with van der Waals surface area (Å²) in [6, 6.07) is 0. The molecule has 1 fully saturated rings. The van der Waals surface area contributed by atoms with Gasteiger partial charge in [0, 0.05) is 0 Å². The highest BCUT2D eigenvalue weighted by atomic mass is 16.7. The largest absolute Gasteiger partial charge is 0.481 e. The molecule has 0 amide bonds. The van der Waals surface area contributed by atoms with Crippen LogP contribution in [-0.2, 0) is 14.3 Å². The van der Waals surface area contributed by atoms with Crippen LogP contribution in [0.15, 0.2) is 0 Å². The summed E-state index contributed by atoms with van der Waals surface area (Å²) < 4.78 is 10.9. The molecule has 4 heteroatoms. The summed E-state index contributed by atoms with van der Waals surface area (Å²) in [5, 5.41) is 8.58. The van der Waals surface area contributed by atoms with Gasteiger partial charge in [-0.25, -0.2) is 0 Å². The van der Waals surface area contributed by atoms with Crippen molar-refractivity contribution in [3.8, 4) is 0 Å². The number of aliphatic carboxylic acids is 1. The molecule has 0 aromatic heterocycles. The molecule has 0 saturated carbocycles. The third kappa shape index (κ3) is 2.97. The van der Waals surface area contributed by atoms with Crippen LogP contribution < -0.4 is 0 Å². The van der Waals surface area contributed by atoms with Gasteiger partial charge in [0.2, 0.25) is 0 Å². The average Bonchev–Trinajstić information content (AvgIpc) is 2.28. The highest BCUT2D eigenvalue weighted by molar-refractivity contribution is 5.67. The molecule has 4 nitrogen and oxygen atoms in total. The van der Waals surface area contributed by atoms with E-state index < -0.39 is 11.8 Å². The molecule has 13 heavy (non-hydrogen) atoms. The summed E-state index contributed by atoms with van der Waals surface area (Å²) in [5.74, 6) is -1.35. The van der Waals surface area contributed by atoms with Crippen molar-refractivity contribution >= 4 is 5.97 Å². The van der Waals surface area contributed by atoms with Gasteiger partial charge >= 0.3 is 5.97 Å². The smallest absolute Gasteiger partial charge is 0.303 e. The Morgan fingerprint density at radius 3 is 2.69 bits per heavy atom. The van der Waals surface area contributed by atoms with E-state index >= 15 is 0 Å². The number of hydrogen-bond acceptors (Lipinski definition) is 3. The normalized spacial score (nSPS) is 28.7. The first kappa shape index (κ1) is 10.5. The van der Waals surface area contributed by atoms with Gasteiger partial charge in [-0.2, -0.15) is 0 Å². The van der Waals surface area contributed by atoms with Gasteiger partial charge in [-0.15, -0.1) is 0 Å². The fourth-order valence-corrected chi connectivity index (χ4v) is 1.40. The Hall–Kier alpha value is -0.610. The minimum atomic E-state index is -0.791. The minimum absolute atomic E-state index is 0.000671. The molecule has 1 rings (SSSR count). The van der Waals surface area contributed by atoms with Crippen molar-refractivity contribution in [2.24, 2.45) is 5.92 Å². The number of carboxylic acids is 1. The second-order valence-corrected chi connectivity index (χ2v) is 3.94. The highest BCUT2D eigenvalue weighted by Gasteiger charge is 2.36. The van der Waals surface area contributed by atoms with E-state index in [0.29, 0.717) is 6.61 Å². The molecule has 0 aliphatic carbocycles. The van der Waals surface area contributed by atoms with Crippen LogP contribution in [0.3, 0.4) is 0 Å². The Bertz CT molecular complexity index is 200. The predicted octanol–water partition coefficient (Wildman–Crippen LogP) is 1.25. The Balaban J connectivity index is 2.42. The van der Waals surface area contributed by atoms with Crippen LogP contribution in [0.4, 0.5) is 0 Å². The lowest BCUT2D eigenvalue weighted by Gasteiger charge is -2.19. The van der Waals surface area contributed by atoms with Crippen molar-refractivity contribution in [1.82, 2.24) is 0 Å². The Kier molecular flexibility index (Phi) is 2.93. The SMILES string of the molecule is CC(CC(=O)O)C1COC(C)(C)O1. The molecule has 0 radical (unpaired) electrons. The van der Waals surface area contributed by atoms with Crippen molar-refractivity contribution in [1.29, 1.82) is 0 Å². The highest BCUT2D eigenvalue weighted by Crippen LogP contribution is 2.27. The van der Waals surface area contributed by atoms with Crippen LogP contribution in [0.2, 0.25) is 0 Å². The second kappa shape index (κ2) is 3.64. The van der Waals surface area contributed by atoms with Crippen LogP contribution in [0.25, 0.3) is 0 Å². The molecule has 76 valence electrons. The first-order valence-electron chi connectivity index (χ1n) is 4.44. The van der Waals surface area contributed by atoms with E-state index in [9.17, 15) is 4.79 Å². The third-order valence-corrected chi connectivity index (χ3v) is 2.16. The molecule has 1 heterocycles. The molecule has 1 aliphatic rings. The average molecular weight is 188 g/mol. The van der Waals surface area contributed by atoms with Crippen molar-refractivity contribution in [2.75, 3.05) is 6.61 Å². The van der Waals surface area contributed by atoms with Crippen LogP contribution in [0, 0.1) is 5.92 Å². The van der Waals surface area contributed by atoms with E-state index in [1.165, 1.54) is 0 Å². The zero-order valence-corrected chi connectivity index (χ0v) is 8.24. The van der Waals surface area contributed by atoms with Gasteiger partial charge in [-0.1, -0.05) is 6.92 Å². The van der Waals surface area contributed by atoms with Crippen molar-refractivity contribution in [3.05, 3.63) is 0 Å². The predicted molar refractivity (Wildman–Crippen MR) is 46.3 cm³/mol. The number of carboxylic acid groups (broad SMARTS) is 1. The summed E-state index contributed by atoms with van der Waals surface area (Å²) in [6.07, 6.45) is 0.0375. The molecule has 1 saturated heterocycles. The molecule has 2 atom stereocenters. The fourth-order valence-electron chi connectivity index (χ4n) is 1.40. The maximum Gasteiger partial charge on any atom is 0.303 e. The van der Waals surface area contributed by atoms with Gasteiger partial charge in [0.1, 0.15) is 0 Å². The second-order valence-electron chi connectivity index (χ2n) is 3.94. The van der Waals surface area contributed by atoms with Crippen molar-refractivity contribution in [3.63, 3.8) is 0 Å². The van der Waals surface area contributed by atoms with Gasteiger partial charge in [-0.3, -0.25) is 4.79 Å². The zero-order valence-electron chi connectivity index (χ0n) is 8.24. The standard InChI is InChI=1S/C9H16O4/c1-6(4-8(10)11)7-5-12-9(2,3)13-7/h6-7H,4-5H2,1-3H3,(H,10,11). The molecule has 0 bridgehead atoms. The first-order valence-corrected chi connectivity index (χ1v) is 4.44. The van der Waals surface area contributed by atoms with Gasteiger partial charge in [-0.05, 0) is 19.8 Å². The summed E-state index contributed by atoms with van der Waals surface area (Å²) in [7, 11) is 0. The van der Waals surface area contributed by atoms with Crippen molar-refractivity contribution < 1.29 is 19.4 Å². The Labute approximate surface area is 77.8 Å².